The molecular formula is C24H27F3N4O3. The number of non-ortho nitro benzene ring substituents is 1. The second-order valence-corrected chi connectivity index (χ2v) is 8.80. The van der Waals surface area contributed by atoms with Gasteiger partial charge in [0.05, 0.1) is 10.5 Å². The first-order chi connectivity index (χ1) is 16.2. The van der Waals surface area contributed by atoms with Crippen LogP contribution in [0.1, 0.15) is 34.3 Å². The van der Waals surface area contributed by atoms with Crippen molar-refractivity contribution in [2.75, 3.05) is 39.3 Å². The third kappa shape index (κ3) is 5.56. The lowest BCUT2D eigenvalue weighted by atomic mass is 10.0. The predicted octanol–water partition coefficient (Wildman–Crippen LogP) is 4.04. The number of nitrogens with zero attached hydrogens (tertiary/aromatic N) is 4. The molecule has 2 heterocycles. The SMILES string of the molecule is O=C(c1cccc([N+](=O)[O-])c1)N1CCC(N2CCN(Cc3ccccc3C(F)(F)F)CC2)CC1. The Morgan fingerprint density at radius 2 is 1.65 bits per heavy atom. The number of carbonyl (C=O) groups is 1. The molecule has 0 N–H and O–H groups in total. The molecule has 0 spiro atoms. The van der Waals surface area contributed by atoms with Gasteiger partial charge in [-0.15, -0.1) is 0 Å². The zero-order valence-electron chi connectivity index (χ0n) is 18.7. The molecule has 1 amide bonds. The summed E-state index contributed by atoms with van der Waals surface area (Å²) in [6, 6.07) is 11.8. The van der Waals surface area contributed by atoms with Crippen LogP contribution in [0.4, 0.5) is 18.9 Å². The van der Waals surface area contributed by atoms with E-state index in [9.17, 15) is 28.1 Å². The van der Waals surface area contributed by atoms with E-state index in [2.05, 4.69) is 9.80 Å². The summed E-state index contributed by atoms with van der Waals surface area (Å²) in [5.74, 6) is -0.199. The van der Waals surface area contributed by atoms with Crippen LogP contribution in [0, 0.1) is 10.1 Å². The predicted molar refractivity (Wildman–Crippen MR) is 120 cm³/mol. The van der Waals surface area contributed by atoms with Crippen LogP contribution < -0.4 is 0 Å². The minimum atomic E-state index is -4.35. The van der Waals surface area contributed by atoms with Gasteiger partial charge in [0.2, 0.25) is 0 Å². The van der Waals surface area contributed by atoms with Crippen molar-refractivity contribution in [1.29, 1.82) is 0 Å². The van der Waals surface area contributed by atoms with E-state index in [-0.39, 0.29) is 18.1 Å². The minimum Gasteiger partial charge on any atom is -0.339 e. The number of likely N-dealkylation sites (tertiary alicyclic amines) is 1. The van der Waals surface area contributed by atoms with Gasteiger partial charge in [-0.3, -0.25) is 24.7 Å². The largest absolute Gasteiger partial charge is 0.416 e. The molecule has 7 nitrogen and oxygen atoms in total. The number of piperazine rings is 1. The first kappa shape index (κ1) is 24.2. The van der Waals surface area contributed by atoms with Crippen LogP contribution in [0.2, 0.25) is 0 Å². The molecule has 0 aromatic heterocycles. The first-order valence-corrected chi connectivity index (χ1v) is 11.4. The van der Waals surface area contributed by atoms with Crippen molar-refractivity contribution >= 4 is 11.6 Å². The smallest absolute Gasteiger partial charge is 0.339 e. The topological polar surface area (TPSA) is 69.9 Å². The lowest BCUT2D eigenvalue weighted by molar-refractivity contribution is -0.384. The number of amides is 1. The summed E-state index contributed by atoms with van der Waals surface area (Å²) >= 11 is 0. The zero-order valence-corrected chi connectivity index (χ0v) is 18.7. The van der Waals surface area contributed by atoms with E-state index >= 15 is 0 Å². The van der Waals surface area contributed by atoms with Crippen molar-refractivity contribution in [2.45, 2.75) is 31.6 Å². The number of piperidine rings is 1. The average molecular weight is 476 g/mol. The third-order valence-electron chi connectivity index (χ3n) is 6.70. The molecule has 0 radical (unpaired) electrons. The summed E-state index contributed by atoms with van der Waals surface area (Å²) in [5.41, 5.74) is -0.0495. The van der Waals surface area contributed by atoms with Crippen LogP contribution in [-0.4, -0.2) is 70.8 Å². The van der Waals surface area contributed by atoms with Crippen LogP contribution in [0.25, 0.3) is 0 Å². The highest BCUT2D eigenvalue weighted by atomic mass is 19.4. The number of nitro benzene ring substituents is 1. The molecule has 0 unspecified atom stereocenters. The van der Waals surface area contributed by atoms with Crippen molar-refractivity contribution < 1.29 is 22.9 Å². The number of rotatable bonds is 5. The Labute approximate surface area is 195 Å². The molecule has 0 aliphatic carbocycles. The molecule has 0 atom stereocenters. The Morgan fingerprint density at radius 3 is 2.29 bits per heavy atom. The van der Waals surface area contributed by atoms with Gasteiger partial charge in [0.15, 0.2) is 0 Å². The number of benzene rings is 2. The van der Waals surface area contributed by atoms with E-state index in [4.69, 9.17) is 0 Å². The number of nitro groups is 1. The molecule has 2 saturated heterocycles. The van der Waals surface area contributed by atoms with Crippen molar-refractivity contribution in [3.05, 3.63) is 75.3 Å². The Kier molecular flexibility index (Phi) is 7.18. The quantitative estimate of drug-likeness (QED) is 0.481. The summed E-state index contributed by atoms with van der Waals surface area (Å²) < 4.78 is 39.8. The second kappa shape index (κ2) is 10.1. The number of alkyl halides is 3. The second-order valence-electron chi connectivity index (χ2n) is 8.80. The van der Waals surface area contributed by atoms with Gasteiger partial charge < -0.3 is 4.90 Å². The Balaban J connectivity index is 1.27. The molecule has 2 fully saturated rings. The number of carbonyl (C=O) groups excluding carboxylic acids is 1. The fourth-order valence-corrected chi connectivity index (χ4v) is 4.83. The summed E-state index contributed by atoms with van der Waals surface area (Å²) in [6.45, 7) is 4.36. The Bertz CT molecular complexity index is 1030. The summed E-state index contributed by atoms with van der Waals surface area (Å²) in [7, 11) is 0. The van der Waals surface area contributed by atoms with Gasteiger partial charge in [-0.25, -0.2) is 0 Å². The molecule has 2 aromatic rings. The maximum Gasteiger partial charge on any atom is 0.416 e. The van der Waals surface area contributed by atoms with Crippen molar-refractivity contribution in [3.8, 4) is 0 Å². The van der Waals surface area contributed by atoms with E-state index in [1.54, 1.807) is 23.1 Å². The zero-order chi connectivity index (χ0) is 24.3. The molecule has 34 heavy (non-hydrogen) atoms. The Morgan fingerprint density at radius 1 is 0.971 bits per heavy atom. The molecular weight excluding hydrogens is 449 g/mol. The Hall–Kier alpha value is -2.98. The molecule has 0 saturated carbocycles. The first-order valence-electron chi connectivity index (χ1n) is 11.4. The highest BCUT2D eigenvalue weighted by molar-refractivity contribution is 5.94. The fourth-order valence-electron chi connectivity index (χ4n) is 4.83. The number of halogens is 3. The number of hydrogen-bond donors (Lipinski definition) is 0. The summed E-state index contributed by atoms with van der Waals surface area (Å²) in [5, 5.41) is 11.0. The van der Waals surface area contributed by atoms with Gasteiger partial charge in [0, 0.05) is 69.6 Å². The monoisotopic (exact) mass is 476 g/mol. The molecule has 2 aliphatic rings. The molecule has 182 valence electrons. The van der Waals surface area contributed by atoms with E-state index in [1.807, 2.05) is 0 Å². The summed E-state index contributed by atoms with van der Waals surface area (Å²) in [6.07, 6.45) is -2.75. The van der Waals surface area contributed by atoms with Gasteiger partial charge in [-0.05, 0) is 30.5 Å². The molecule has 4 rings (SSSR count). The van der Waals surface area contributed by atoms with E-state index in [0.29, 0.717) is 43.3 Å². The van der Waals surface area contributed by atoms with Crippen LogP contribution in [0.15, 0.2) is 48.5 Å². The molecule has 0 bridgehead atoms. The van der Waals surface area contributed by atoms with Crippen LogP contribution in [0.5, 0.6) is 0 Å². The van der Waals surface area contributed by atoms with Crippen LogP contribution >= 0.6 is 0 Å². The maximum absolute atomic E-state index is 13.3. The lowest BCUT2D eigenvalue weighted by Crippen LogP contribution is -2.53. The minimum absolute atomic E-state index is 0.100. The third-order valence-corrected chi connectivity index (χ3v) is 6.70. The molecule has 2 aromatic carbocycles. The van der Waals surface area contributed by atoms with E-state index in [1.165, 1.54) is 24.3 Å². The highest BCUT2D eigenvalue weighted by Gasteiger charge is 2.34. The van der Waals surface area contributed by atoms with E-state index < -0.39 is 16.7 Å². The van der Waals surface area contributed by atoms with Crippen molar-refractivity contribution in [2.24, 2.45) is 0 Å². The molecule has 2 aliphatic heterocycles. The summed E-state index contributed by atoms with van der Waals surface area (Å²) in [4.78, 5) is 29.4. The van der Waals surface area contributed by atoms with Crippen molar-refractivity contribution in [3.63, 3.8) is 0 Å². The maximum atomic E-state index is 13.3. The van der Waals surface area contributed by atoms with Gasteiger partial charge in [0.1, 0.15) is 0 Å². The normalized spacial score (nSPS) is 18.7. The van der Waals surface area contributed by atoms with E-state index in [0.717, 1.165) is 32.0 Å². The fraction of sp³-hybridized carbons (Fsp3) is 0.458. The average Bonchev–Trinajstić information content (AvgIpc) is 2.84. The van der Waals surface area contributed by atoms with Crippen LogP contribution in [0.3, 0.4) is 0 Å². The lowest BCUT2D eigenvalue weighted by Gasteiger charge is -2.43. The van der Waals surface area contributed by atoms with Gasteiger partial charge in [0.25, 0.3) is 11.6 Å². The van der Waals surface area contributed by atoms with Crippen molar-refractivity contribution in [1.82, 2.24) is 14.7 Å². The standard InChI is InChI=1S/C24H27F3N4O3/c25-24(26,27)22-7-2-1-4-19(22)17-28-12-14-29(15-13-28)20-8-10-30(11-9-20)23(32)18-5-3-6-21(16-18)31(33)34/h1-7,16,20H,8-15,17H2. The van der Waals surface area contributed by atoms with Crippen LogP contribution in [-0.2, 0) is 12.7 Å². The van der Waals surface area contributed by atoms with Gasteiger partial charge >= 0.3 is 6.18 Å². The molecule has 10 heteroatoms. The van der Waals surface area contributed by atoms with Gasteiger partial charge in [-0.2, -0.15) is 13.2 Å². The highest BCUT2D eigenvalue weighted by Crippen LogP contribution is 2.32. The number of hydrogen-bond acceptors (Lipinski definition) is 5. The van der Waals surface area contributed by atoms with Gasteiger partial charge in [-0.1, -0.05) is 24.3 Å².